The maximum absolute atomic E-state index is 13.1. The number of fused-ring (bicyclic) bond motifs is 1. The predicted molar refractivity (Wildman–Crippen MR) is 134 cm³/mol. The van der Waals surface area contributed by atoms with Gasteiger partial charge in [0.1, 0.15) is 22.5 Å². The Morgan fingerprint density at radius 1 is 1.09 bits per heavy atom. The Morgan fingerprint density at radius 3 is 2.15 bits per heavy atom. The molecular formula is C26H37N5O3. The largest absolute Gasteiger partial charge is 0.505 e. The fraction of sp³-hybridized carbons (Fsp3) is 0.500. The van der Waals surface area contributed by atoms with E-state index >= 15 is 0 Å². The van der Waals surface area contributed by atoms with Gasteiger partial charge >= 0.3 is 5.97 Å². The molecule has 0 aliphatic carbocycles. The molecule has 2 unspecified atom stereocenters. The van der Waals surface area contributed by atoms with Crippen molar-refractivity contribution in [3.05, 3.63) is 47.5 Å². The van der Waals surface area contributed by atoms with Gasteiger partial charge in [-0.25, -0.2) is 4.79 Å². The second-order valence-electron chi connectivity index (χ2n) is 10.2. The molecule has 1 aromatic heterocycles. The van der Waals surface area contributed by atoms with Gasteiger partial charge in [0, 0.05) is 25.7 Å². The first kappa shape index (κ1) is 25.6. The molecule has 0 aliphatic heterocycles. The van der Waals surface area contributed by atoms with Gasteiger partial charge in [0.25, 0.3) is 0 Å². The zero-order valence-corrected chi connectivity index (χ0v) is 21.5. The van der Waals surface area contributed by atoms with Gasteiger partial charge in [-0.15, -0.1) is 20.1 Å². The van der Waals surface area contributed by atoms with Gasteiger partial charge in [-0.2, -0.15) is 0 Å². The summed E-state index contributed by atoms with van der Waals surface area (Å²) < 4.78 is 0. The van der Waals surface area contributed by atoms with E-state index < -0.39 is 5.92 Å². The molecule has 184 valence electrons. The lowest BCUT2D eigenvalue weighted by Gasteiger charge is -2.33. The van der Waals surface area contributed by atoms with Crippen LogP contribution in [0.25, 0.3) is 16.7 Å². The first-order valence-corrected chi connectivity index (χ1v) is 11.7. The highest BCUT2D eigenvalue weighted by Gasteiger charge is 2.35. The molecule has 0 spiro atoms. The van der Waals surface area contributed by atoms with Crippen LogP contribution < -0.4 is 0 Å². The van der Waals surface area contributed by atoms with Gasteiger partial charge in [0.2, 0.25) is 0 Å². The number of hydroxylamine groups is 2. The number of rotatable bonds is 8. The van der Waals surface area contributed by atoms with E-state index in [2.05, 4.69) is 37.9 Å². The van der Waals surface area contributed by atoms with E-state index in [9.17, 15) is 9.90 Å². The van der Waals surface area contributed by atoms with Crippen molar-refractivity contribution in [3.8, 4) is 11.4 Å². The standard InChI is InChI=1S/C26H37N5O3/c1-9-12-18(25(33)34-30(7)8)23(29(5)6)17-15-19(26(2,3)4)24(32)22(16-17)31-27-20-13-10-11-14-21(20)28-31/h10-11,13-16,18,23,32H,9,12H2,1-8H3. The van der Waals surface area contributed by atoms with E-state index in [1.54, 1.807) is 14.1 Å². The topological polar surface area (TPSA) is 83.7 Å². The molecule has 1 heterocycles. The van der Waals surface area contributed by atoms with Gasteiger partial charge in [0.05, 0.1) is 5.92 Å². The van der Waals surface area contributed by atoms with Crippen molar-refractivity contribution in [3.63, 3.8) is 0 Å². The van der Waals surface area contributed by atoms with Gasteiger partial charge in [-0.3, -0.25) is 0 Å². The number of aromatic nitrogens is 3. The number of carbonyl (C=O) groups excluding carboxylic acids is 1. The van der Waals surface area contributed by atoms with Crippen molar-refractivity contribution in [1.29, 1.82) is 0 Å². The van der Waals surface area contributed by atoms with Crippen LogP contribution in [-0.4, -0.2) is 64.2 Å². The van der Waals surface area contributed by atoms with Crippen molar-refractivity contribution >= 4 is 17.0 Å². The number of phenols is 1. The molecule has 3 aromatic rings. The Balaban J connectivity index is 2.23. The number of aromatic hydroxyl groups is 1. The summed E-state index contributed by atoms with van der Waals surface area (Å²) in [5.74, 6) is -0.533. The Kier molecular flexibility index (Phi) is 7.63. The summed E-state index contributed by atoms with van der Waals surface area (Å²) in [6, 6.07) is 11.2. The first-order valence-electron chi connectivity index (χ1n) is 11.7. The van der Waals surface area contributed by atoms with E-state index in [0.29, 0.717) is 12.1 Å². The molecule has 2 aromatic carbocycles. The molecule has 0 bridgehead atoms. The molecule has 8 nitrogen and oxygen atoms in total. The van der Waals surface area contributed by atoms with E-state index in [1.807, 2.05) is 55.4 Å². The van der Waals surface area contributed by atoms with Crippen LogP contribution in [-0.2, 0) is 15.0 Å². The Hall–Kier alpha value is -2.97. The van der Waals surface area contributed by atoms with Crippen molar-refractivity contribution in [2.24, 2.45) is 5.92 Å². The minimum Gasteiger partial charge on any atom is -0.505 e. The number of phenolic OH excluding ortho intramolecular Hbond substituents is 1. The summed E-state index contributed by atoms with van der Waals surface area (Å²) in [6.07, 6.45) is 1.50. The lowest BCUT2D eigenvalue weighted by atomic mass is 9.81. The fourth-order valence-corrected chi connectivity index (χ4v) is 4.36. The van der Waals surface area contributed by atoms with Crippen molar-refractivity contribution in [2.45, 2.75) is 52.0 Å². The predicted octanol–water partition coefficient (Wildman–Crippen LogP) is 4.46. The van der Waals surface area contributed by atoms with Crippen LogP contribution in [0.5, 0.6) is 5.75 Å². The van der Waals surface area contributed by atoms with E-state index in [0.717, 1.165) is 28.6 Å². The van der Waals surface area contributed by atoms with Gasteiger partial charge < -0.3 is 14.8 Å². The highest BCUT2D eigenvalue weighted by atomic mass is 16.7. The van der Waals surface area contributed by atoms with Crippen LogP contribution in [0.2, 0.25) is 0 Å². The molecule has 3 rings (SSSR count). The van der Waals surface area contributed by atoms with Crippen LogP contribution >= 0.6 is 0 Å². The molecule has 2 atom stereocenters. The summed E-state index contributed by atoms with van der Waals surface area (Å²) in [6.45, 7) is 8.22. The number of nitrogens with zero attached hydrogens (tertiary/aromatic N) is 5. The van der Waals surface area contributed by atoms with E-state index in [-0.39, 0.29) is 23.2 Å². The lowest BCUT2D eigenvalue weighted by molar-refractivity contribution is -0.186. The third-order valence-corrected chi connectivity index (χ3v) is 5.88. The minimum atomic E-state index is -0.391. The molecule has 34 heavy (non-hydrogen) atoms. The smallest absolute Gasteiger partial charge is 0.329 e. The van der Waals surface area contributed by atoms with Crippen molar-refractivity contribution in [2.75, 3.05) is 28.2 Å². The number of benzene rings is 2. The number of hydrogen-bond acceptors (Lipinski definition) is 7. The van der Waals surface area contributed by atoms with Crippen molar-refractivity contribution in [1.82, 2.24) is 25.0 Å². The lowest BCUT2D eigenvalue weighted by Crippen LogP contribution is -2.36. The summed E-state index contributed by atoms with van der Waals surface area (Å²) in [7, 11) is 7.33. The van der Waals surface area contributed by atoms with Crippen molar-refractivity contribution < 1.29 is 14.7 Å². The summed E-state index contributed by atoms with van der Waals surface area (Å²) >= 11 is 0. The quantitative estimate of drug-likeness (QED) is 0.490. The molecule has 1 N–H and O–H groups in total. The average molecular weight is 468 g/mol. The van der Waals surface area contributed by atoms with Crippen LogP contribution in [0.15, 0.2) is 36.4 Å². The van der Waals surface area contributed by atoms with Gasteiger partial charge in [-0.1, -0.05) is 46.2 Å². The summed E-state index contributed by atoms with van der Waals surface area (Å²) in [5.41, 5.74) is 3.30. The third-order valence-electron chi connectivity index (χ3n) is 5.88. The highest BCUT2D eigenvalue weighted by molar-refractivity contribution is 5.75. The molecule has 8 heteroatoms. The summed E-state index contributed by atoms with van der Waals surface area (Å²) in [5, 5.41) is 21.9. The SMILES string of the molecule is CCCC(C(=O)ON(C)C)C(c1cc(-n2nc3ccccc3n2)c(O)c(C(C)(C)C)c1)N(C)C. The van der Waals surface area contributed by atoms with E-state index in [1.165, 1.54) is 9.86 Å². The van der Waals surface area contributed by atoms with Crippen LogP contribution in [0.1, 0.15) is 57.7 Å². The molecular weight excluding hydrogens is 430 g/mol. The minimum absolute atomic E-state index is 0.136. The third kappa shape index (κ3) is 5.39. The van der Waals surface area contributed by atoms with E-state index in [4.69, 9.17) is 4.84 Å². The van der Waals surface area contributed by atoms with Crippen LogP contribution in [0.3, 0.4) is 0 Å². The van der Waals surface area contributed by atoms with Gasteiger partial charge in [-0.05, 0) is 55.8 Å². The molecule has 0 saturated heterocycles. The molecule has 0 radical (unpaired) electrons. The average Bonchev–Trinajstić information content (AvgIpc) is 3.16. The Morgan fingerprint density at radius 2 is 1.68 bits per heavy atom. The zero-order valence-electron chi connectivity index (χ0n) is 21.5. The second-order valence-corrected chi connectivity index (χ2v) is 10.2. The Labute approximate surface area is 202 Å². The first-order chi connectivity index (χ1) is 15.9. The number of carbonyl (C=O) groups is 1. The van der Waals surface area contributed by atoms with Gasteiger partial charge in [0.15, 0.2) is 0 Å². The van der Waals surface area contributed by atoms with Crippen LogP contribution in [0.4, 0.5) is 0 Å². The highest BCUT2D eigenvalue weighted by Crippen LogP contribution is 2.41. The van der Waals surface area contributed by atoms with Crippen LogP contribution in [0, 0.1) is 5.92 Å². The molecule has 0 amide bonds. The summed E-state index contributed by atoms with van der Waals surface area (Å²) in [4.78, 5) is 22.1. The molecule has 0 saturated carbocycles. The number of hydrogen-bond donors (Lipinski definition) is 1. The molecule has 0 aliphatic rings. The Bertz CT molecular complexity index is 1110. The normalized spacial score (nSPS) is 14.1. The second kappa shape index (κ2) is 10.1. The monoisotopic (exact) mass is 467 g/mol. The zero-order chi connectivity index (χ0) is 25.2. The maximum Gasteiger partial charge on any atom is 0.329 e. The fourth-order valence-electron chi connectivity index (χ4n) is 4.36. The molecule has 0 fully saturated rings. The maximum atomic E-state index is 13.1.